The molecule has 0 aliphatic rings. The average molecular weight is 410 g/mol. The Kier molecular flexibility index (Phi) is 6.01. The minimum absolute atomic E-state index is 0.182. The number of fused-ring (bicyclic) bond motifs is 1. The lowest BCUT2D eigenvalue weighted by Crippen LogP contribution is -2.36. The molecule has 7 nitrogen and oxygen atoms in total. The lowest BCUT2D eigenvalue weighted by atomic mass is 10.0. The van der Waals surface area contributed by atoms with E-state index < -0.39 is 6.09 Å². The van der Waals surface area contributed by atoms with Crippen LogP contribution in [0.1, 0.15) is 25.0 Å². The Morgan fingerprint density at radius 3 is 2.23 bits per heavy atom. The minimum Gasteiger partial charge on any atom is -0.493 e. The normalized spacial score (nSPS) is 10.9. The third-order valence-corrected chi connectivity index (χ3v) is 5.12. The number of methoxy groups -OCH3 is 2. The second-order valence-electron chi connectivity index (χ2n) is 7.21. The summed E-state index contributed by atoms with van der Waals surface area (Å²) in [6, 6.07) is 8.81. The Balaban J connectivity index is 2.06. The highest BCUT2D eigenvalue weighted by molar-refractivity contribution is 5.89. The van der Waals surface area contributed by atoms with E-state index in [0.717, 1.165) is 16.5 Å². The average Bonchev–Trinajstić information content (AvgIpc) is 2.71. The van der Waals surface area contributed by atoms with Crippen molar-refractivity contribution >= 4 is 22.7 Å². The zero-order valence-electron chi connectivity index (χ0n) is 18.0. The van der Waals surface area contributed by atoms with Gasteiger partial charge in [-0.25, -0.2) is 4.79 Å². The number of hydrogen-bond acceptors (Lipinski definition) is 5. The summed E-state index contributed by atoms with van der Waals surface area (Å²) in [7, 11) is 3.16. The van der Waals surface area contributed by atoms with E-state index in [1.54, 1.807) is 44.7 Å². The van der Waals surface area contributed by atoms with Crippen molar-refractivity contribution in [3.63, 3.8) is 0 Å². The van der Waals surface area contributed by atoms with Gasteiger partial charge in [0.15, 0.2) is 11.5 Å². The molecule has 0 unspecified atom stereocenters. The molecule has 0 fully saturated rings. The molecule has 7 heteroatoms. The molecule has 30 heavy (non-hydrogen) atoms. The third kappa shape index (κ3) is 3.83. The molecule has 0 aliphatic carbocycles. The largest absolute Gasteiger partial charge is 0.493 e. The summed E-state index contributed by atoms with van der Waals surface area (Å²) in [5.41, 5.74) is 3.08. The number of rotatable bonds is 6. The van der Waals surface area contributed by atoms with Crippen molar-refractivity contribution in [1.82, 2.24) is 4.98 Å². The van der Waals surface area contributed by atoms with Crippen LogP contribution in [-0.2, 0) is 0 Å². The molecule has 2 aromatic carbocycles. The summed E-state index contributed by atoms with van der Waals surface area (Å²) < 4.78 is 17.0. The number of benzene rings is 2. The Hall–Kier alpha value is -3.48. The van der Waals surface area contributed by atoms with Crippen LogP contribution >= 0.6 is 0 Å². The van der Waals surface area contributed by atoms with Crippen LogP contribution in [0.2, 0.25) is 0 Å². The van der Waals surface area contributed by atoms with E-state index in [9.17, 15) is 9.90 Å². The topological polar surface area (TPSA) is 81.1 Å². The van der Waals surface area contributed by atoms with Crippen LogP contribution in [-0.4, -0.2) is 36.4 Å². The maximum absolute atomic E-state index is 11.7. The van der Waals surface area contributed by atoms with Crippen LogP contribution in [0.4, 0.5) is 10.5 Å². The van der Waals surface area contributed by atoms with E-state index in [-0.39, 0.29) is 6.04 Å². The van der Waals surface area contributed by atoms with E-state index in [1.165, 1.54) is 4.90 Å². The highest BCUT2D eigenvalue weighted by Crippen LogP contribution is 2.39. The molecule has 3 aromatic rings. The first-order valence-electron chi connectivity index (χ1n) is 9.59. The van der Waals surface area contributed by atoms with Crippen molar-refractivity contribution in [2.45, 2.75) is 33.7 Å². The molecule has 1 heterocycles. The van der Waals surface area contributed by atoms with Gasteiger partial charge in [-0.15, -0.1) is 0 Å². The first-order valence-corrected chi connectivity index (χ1v) is 9.59. The Morgan fingerprint density at radius 1 is 0.967 bits per heavy atom. The molecule has 0 aliphatic heterocycles. The lowest BCUT2D eigenvalue weighted by molar-refractivity contribution is 0.200. The fourth-order valence-electron chi connectivity index (χ4n) is 3.41. The van der Waals surface area contributed by atoms with Gasteiger partial charge in [-0.3, -0.25) is 9.88 Å². The number of amides is 1. The third-order valence-electron chi connectivity index (χ3n) is 5.12. The van der Waals surface area contributed by atoms with Gasteiger partial charge in [-0.1, -0.05) is 0 Å². The second kappa shape index (κ2) is 8.49. The predicted molar refractivity (Wildman–Crippen MR) is 116 cm³/mol. The van der Waals surface area contributed by atoms with Gasteiger partial charge in [0.2, 0.25) is 0 Å². The quantitative estimate of drug-likeness (QED) is 0.573. The first-order chi connectivity index (χ1) is 14.3. The van der Waals surface area contributed by atoms with Crippen LogP contribution in [0.3, 0.4) is 0 Å². The Bertz CT molecular complexity index is 1090. The van der Waals surface area contributed by atoms with Gasteiger partial charge >= 0.3 is 6.09 Å². The molecule has 158 valence electrons. The second-order valence-corrected chi connectivity index (χ2v) is 7.21. The van der Waals surface area contributed by atoms with Gasteiger partial charge in [0.05, 0.1) is 25.4 Å². The number of nitrogens with zero attached hydrogens (tertiary/aromatic N) is 2. The van der Waals surface area contributed by atoms with Gasteiger partial charge in [0.1, 0.15) is 11.5 Å². The molecule has 0 saturated heterocycles. The molecule has 0 bridgehead atoms. The molecule has 1 aromatic heterocycles. The van der Waals surface area contributed by atoms with Crippen molar-refractivity contribution in [3.8, 4) is 23.0 Å². The Morgan fingerprint density at radius 2 is 1.63 bits per heavy atom. The van der Waals surface area contributed by atoms with Crippen LogP contribution in [0.5, 0.6) is 23.0 Å². The van der Waals surface area contributed by atoms with Crippen LogP contribution < -0.4 is 19.1 Å². The van der Waals surface area contributed by atoms with Gasteiger partial charge in [0, 0.05) is 23.7 Å². The molecule has 0 atom stereocenters. The molecule has 1 amide bonds. The fraction of sp³-hybridized carbons (Fsp3) is 0.304. The summed E-state index contributed by atoms with van der Waals surface area (Å²) in [4.78, 5) is 17.5. The Labute approximate surface area is 175 Å². The van der Waals surface area contributed by atoms with E-state index in [1.807, 2.05) is 33.8 Å². The van der Waals surface area contributed by atoms with Crippen LogP contribution in [0.15, 0.2) is 36.5 Å². The summed E-state index contributed by atoms with van der Waals surface area (Å²) in [6.45, 7) is 7.51. The predicted octanol–water partition coefficient (Wildman–Crippen LogP) is 5.55. The zero-order valence-corrected chi connectivity index (χ0v) is 18.0. The van der Waals surface area contributed by atoms with Crippen molar-refractivity contribution < 1.29 is 24.1 Å². The van der Waals surface area contributed by atoms with Gasteiger partial charge in [0.25, 0.3) is 0 Å². The number of anilines is 1. The van der Waals surface area contributed by atoms with Crippen molar-refractivity contribution in [2.75, 3.05) is 19.1 Å². The van der Waals surface area contributed by atoms with Crippen molar-refractivity contribution in [1.29, 1.82) is 0 Å². The zero-order chi connectivity index (χ0) is 22.0. The summed E-state index contributed by atoms with van der Waals surface area (Å²) >= 11 is 0. The van der Waals surface area contributed by atoms with Crippen molar-refractivity contribution in [3.05, 3.63) is 47.7 Å². The van der Waals surface area contributed by atoms with E-state index in [2.05, 4.69) is 4.98 Å². The van der Waals surface area contributed by atoms with Crippen LogP contribution in [0, 0.1) is 13.8 Å². The number of pyridine rings is 1. The number of carbonyl (C=O) groups is 1. The standard InChI is InChI=1S/C23H26N2O5/c1-13(2)25(23(26)27)18-7-8-19(15(4)14(18)3)30-20-9-10-24-17-12-22(29-6)21(28-5)11-16(17)20/h7-13H,1-6H3,(H,26,27). The molecule has 3 rings (SSSR count). The van der Waals surface area contributed by atoms with Crippen molar-refractivity contribution in [2.24, 2.45) is 0 Å². The first kappa shape index (κ1) is 21.2. The summed E-state index contributed by atoms with van der Waals surface area (Å²) in [5.74, 6) is 2.44. The number of hydrogen-bond donors (Lipinski definition) is 1. The van der Waals surface area contributed by atoms with Gasteiger partial charge in [-0.05, 0) is 63.1 Å². The van der Waals surface area contributed by atoms with E-state index in [4.69, 9.17) is 14.2 Å². The maximum Gasteiger partial charge on any atom is 0.412 e. The van der Waals surface area contributed by atoms with E-state index in [0.29, 0.717) is 34.2 Å². The monoisotopic (exact) mass is 410 g/mol. The number of aromatic nitrogens is 1. The highest BCUT2D eigenvalue weighted by atomic mass is 16.5. The fourth-order valence-corrected chi connectivity index (χ4v) is 3.41. The van der Waals surface area contributed by atoms with E-state index >= 15 is 0 Å². The molecular formula is C23H26N2O5. The molecular weight excluding hydrogens is 384 g/mol. The van der Waals surface area contributed by atoms with Crippen LogP contribution in [0.25, 0.3) is 10.9 Å². The smallest absolute Gasteiger partial charge is 0.412 e. The molecule has 1 N–H and O–H groups in total. The molecule has 0 radical (unpaired) electrons. The van der Waals surface area contributed by atoms with Gasteiger partial charge in [-0.2, -0.15) is 0 Å². The lowest BCUT2D eigenvalue weighted by Gasteiger charge is -2.26. The minimum atomic E-state index is -0.984. The number of ether oxygens (including phenoxy) is 3. The maximum atomic E-state index is 11.7. The highest BCUT2D eigenvalue weighted by Gasteiger charge is 2.22. The SMILES string of the molecule is COc1cc2nccc(Oc3ccc(N(C(=O)O)C(C)C)c(C)c3C)c2cc1OC. The number of carboxylic acid groups (broad SMARTS) is 1. The summed E-state index contributed by atoms with van der Waals surface area (Å²) in [6.07, 6.45) is 0.688. The van der Waals surface area contributed by atoms with Gasteiger partial charge < -0.3 is 19.3 Å². The molecule has 0 spiro atoms. The summed E-state index contributed by atoms with van der Waals surface area (Å²) in [5, 5.41) is 10.4. The molecule has 0 saturated carbocycles.